The molecule has 3 nitrogen and oxygen atoms in total. The average Bonchev–Trinajstić information content (AvgIpc) is 2.35. The van der Waals surface area contributed by atoms with E-state index in [0.29, 0.717) is 0 Å². The maximum Gasteiger partial charge on any atom is 0.237 e. The number of rotatable bonds is 5. The van der Waals surface area contributed by atoms with E-state index in [1.165, 1.54) is 5.56 Å². The Kier molecular flexibility index (Phi) is 7.84. The van der Waals surface area contributed by atoms with Crippen LogP contribution in [0.4, 0.5) is 0 Å². The summed E-state index contributed by atoms with van der Waals surface area (Å²) in [4.78, 5) is 12.0. The van der Waals surface area contributed by atoms with Gasteiger partial charge in [-0.2, -0.15) is 0 Å². The Morgan fingerprint density at radius 3 is 2.30 bits per heavy atom. The molecule has 0 fully saturated rings. The van der Waals surface area contributed by atoms with Gasteiger partial charge in [-0.05, 0) is 30.7 Å². The molecule has 0 radical (unpaired) electrons. The number of hydrogen-bond donors (Lipinski definition) is 2. The first-order valence-corrected chi connectivity index (χ1v) is 6.90. The summed E-state index contributed by atoms with van der Waals surface area (Å²) >= 11 is 0. The Hall–Kier alpha value is -1.06. The van der Waals surface area contributed by atoms with E-state index in [1.807, 2.05) is 45.9 Å². The van der Waals surface area contributed by atoms with Crippen molar-refractivity contribution in [2.75, 3.05) is 0 Å². The topological polar surface area (TPSA) is 55.1 Å². The van der Waals surface area contributed by atoms with E-state index < -0.39 is 6.04 Å². The van der Waals surface area contributed by atoms with Crippen LogP contribution in [0.5, 0.6) is 0 Å². The van der Waals surface area contributed by atoms with E-state index >= 15 is 0 Å². The lowest BCUT2D eigenvalue weighted by Gasteiger charge is -2.27. The first kappa shape index (κ1) is 18.9. The minimum atomic E-state index is -0.466. The summed E-state index contributed by atoms with van der Waals surface area (Å²) in [6.07, 6.45) is 1.89. The normalized spacial score (nSPS) is 14.1. The van der Waals surface area contributed by atoms with E-state index in [2.05, 4.69) is 17.4 Å². The third-order valence-electron chi connectivity index (χ3n) is 3.31. The first-order valence-electron chi connectivity index (χ1n) is 6.90. The van der Waals surface area contributed by atoms with Crippen molar-refractivity contribution in [2.24, 2.45) is 11.1 Å². The van der Waals surface area contributed by atoms with Gasteiger partial charge in [0.05, 0.1) is 6.04 Å². The van der Waals surface area contributed by atoms with Crippen LogP contribution in [0.15, 0.2) is 30.3 Å². The van der Waals surface area contributed by atoms with Crippen molar-refractivity contribution in [3.8, 4) is 0 Å². The molecule has 1 aromatic carbocycles. The second-order valence-electron chi connectivity index (χ2n) is 6.28. The molecule has 1 rings (SSSR count). The fourth-order valence-corrected chi connectivity index (χ4v) is 1.83. The standard InChI is InChI=1S/C16H26N2O.ClH/c1-12(10-11-13-8-6-5-7-9-13)18-15(19)14(17)16(2,3)4;/h5-9,12,14H,10-11,17H2,1-4H3,(H,18,19);1H/t12?,14-;/m1./s1. The summed E-state index contributed by atoms with van der Waals surface area (Å²) in [5.74, 6) is -0.0620. The van der Waals surface area contributed by atoms with Crippen molar-refractivity contribution in [1.82, 2.24) is 5.32 Å². The van der Waals surface area contributed by atoms with Crippen molar-refractivity contribution in [3.05, 3.63) is 35.9 Å². The molecule has 1 amide bonds. The van der Waals surface area contributed by atoms with Gasteiger partial charge < -0.3 is 11.1 Å². The largest absolute Gasteiger partial charge is 0.352 e. The van der Waals surface area contributed by atoms with Crippen LogP contribution >= 0.6 is 12.4 Å². The summed E-state index contributed by atoms with van der Waals surface area (Å²) in [5.41, 5.74) is 7.03. The number of benzene rings is 1. The van der Waals surface area contributed by atoms with Crippen molar-refractivity contribution in [1.29, 1.82) is 0 Å². The zero-order valence-electron chi connectivity index (χ0n) is 12.8. The summed E-state index contributed by atoms with van der Waals surface area (Å²) in [6.45, 7) is 7.96. The predicted molar refractivity (Wildman–Crippen MR) is 87.0 cm³/mol. The molecule has 0 aromatic heterocycles. The summed E-state index contributed by atoms with van der Waals surface area (Å²) in [7, 11) is 0. The molecule has 0 aliphatic heterocycles. The smallest absolute Gasteiger partial charge is 0.237 e. The maximum absolute atomic E-state index is 12.0. The van der Waals surface area contributed by atoms with Crippen LogP contribution < -0.4 is 11.1 Å². The Morgan fingerprint density at radius 2 is 1.80 bits per heavy atom. The first-order chi connectivity index (χ1) is 8.80. The van der Waals surface area contributed by atoms with Gasteiger partial charge in [-0.25, -0.2) is 0 Å². The zero-order chi connectivity index (χ0) is 14.5. The average molecular weight is 299 g/mol. The zero-order valence-corrected chi connectivity index (χ0v) is 13.7. The molecule has 114 valence electrons. The van der Waals surface area contributed by atoms with Gasteiger partial charge in [0.2, 0.25) is 5.91 Å². The molecule has 0 bridgehead atoms. The number of carbonyl (C=O) groups excluding carboxylic acids is 1. The minimum Gasteiger partial charge on any atom is -0.352 e. The van der Waals surface area contributed by atoms with Crippen LogP contribution in [0.1, 0.15) is 39.7 Å². The van der Waals surface area contributed by atoms with E-state index in [1.54, 1.807) is 0 Å². The van der Waals surface area contributed by atoms with Crippen LogP contribution in [-0.2, 0) is 11.2 Å². The summed E-state index contributed by atoms with van der Waals surface area (Å²) in [6, 6.07) is 9.97. The molecular formula is C16H27ClN2O. The molecule has 2 atom stereocenters. The van der Waals surface area contributed by atoms with E-state index in [-0.39, 0.29) is 29.8 Å². The van der Waals surface area contributed by atoms with Crippen molar-refractivity contribution in [3.63, 3.8) is 0 Å². The Morgan fingerprint density at radius 1 is 1.25 bits per heavy atom. The van der Waals surface area contributed by atoms with Gasteiger partial charge in [0, 0.05) is 6.04 Å². The second-order valence-corrected chi connectivity index (χ2v) is 6.28. The van der Waals surface area contributed by atoms with E-state index in [4.69, 9.17) is 5.73 Å². The fraction of sp³-hybridized carbons (Fsp3) is 0.562. The Bertz CT molecular complexity index is 401. The van der Waals surface area contributed by atoms with Gasteiger partial charge in [-0.3, -0.25) is 4.79 Å². The third kappa shape index (κ3) is 6.40. The highest BCUT2D eigenvalue weighted by molar-refractivity contribution is 5.85. The monoisotopic (exact) mass is 298 g/mol. The molecule has 0 aliphatic rings. The van der Waals surface area contributed by atoms with Gasteiger partial charge in [0.1, 0.15) is 0 Å². The van der Waals surface area contributed by atoms with Crippen LogP contribution in [0.2, 0.25) is 0 Å². The molecule has 1 aromatic rings. The van der Waals surface area contributed by atoms with Gasteiger partial charge in [0.15, 0.2) is 0 Å². The number of amides is 1. The Labute approximate surface area is 128 Å². The molecule has 0 spiro atoms. The van der Waals surface area contributed by atoms with Crippen LogP contribution in [0, 0.1) is 5.41 Å². The summed E-state index contributed by atoms with van der Waals surface area (Å²) < 4.78 is 0. The molecule has 0 saturated heterocycles. The highest BCUT2D eigenvalue weighted by Crippen LogP contribution is 2.17. The van der Waals surface area contributed by atoms with Gasteiger partial charge >= 0.3 is 0 Å². The molecule has 0 aliphatic carbocycles. The number of nitrogens with two attached hydrogens (primary N) is 1. The fourth-order valence-electron chi connectivity index (χ4n) is 1.83. The third-order valence-corrected chi connectivity index (χ3v) is 3.31. The van der Waals surface area contributed by atoms with E-state index in [9.17, 15) is 4.79 Å². The highest BCUT2D eigenvalue weighted by Gasteiger charge is 2.27. The van der Waals surface area contributed by atoms with Crippen LogP contribution in [-0.4, -0.2) is 18.0 Å². The van der Waals surface area contributed by atoms with Gasteiger partial charge in [-0.15, -0.1) is 12.4 Å². The number of nitrogens with one attached hydrogen (secondary N) is 1. The lowest BCUT2D eigenvalue weighted by molar-refractivity contribution is -0.125. The van der Waals surface area contributed by atoms with Crippen molar-refractivity contribution < 1.29 is 4.79 Å². The predicted octanol–water partition coefficient (Wildman–Crippen LogP) is 2.92. The Balaban J connectivity index is 0.00000361. The van der Waals surface area contributed by atoms with E-state index in [0.717, 1.165) is 12.8 Å². The number of hydrogen-bond acceptors (Lipinski definition) is 2. The lowest BCUT2D eigenvalue weighted by atomic mass is 9.87. The maximum atomic E-state index is 12.0. The lowest BCUT2D eigenvalue weighted by Crippen LogP contribution is -2.50. The highest BCUT2D eigenvalue weighted by atomic mass is 35.5. The molecule has 0 saturated carbocycles. The number of aryl methyl sites for hydroxylation is 1. The SMILES string of the molecule is CC(CCc1ccccc1)NC(=O)[C@@H](N)C(C)(C)C.Cl. The molecular weight excluding hydrogens is 272 g/mol. The minimum absolute atomic E-state index is 0. The van der Waals surface area contributed by atoms with Gasteiger partial charge in [0.25, 0.3) is 0 Å². The van der Waals surface area contributed by atoms with Crippen LogP contribution in [0.3, 0.4) is 0 Å². The molecule has 20 heavy (non-hydrogen) atoms. The van der Waals surface area contributed by atoms with Gasteiger partial charge in [-0.1, -0.05) is 51.1 Å². The molecule has 0 heterocycles. The second kappa shape index (κ2) is 8.28. The van der Waals surface area contributed by atoms with Crippen LogP contribution in [0.25, 0.3) is 0 Å². The molecule has 1 unspecified atom stereocenters. The number of halogens is 1. The van der Waals surface area contributed by atoms with Crippen molar-refractivity contribution in [2.45, 2.75) is 52.6 Å². The molecule has 4 heteroatoms. The van der Waals surface area contributed by atoms with Crippen molar-refractivity contribution >= 4 is 18.3 Å². The quantitative estimate of drug-likeness (QED) is 0.878. The summed E-state index contributed by atoms with van der Waals surface area (Å²) in [5, 5.41) is 2.99. The molecule has 3 N–H and O–H groups in total. The number of carbonyl (C=O) groups is 1.